The lowest BCUT2D eigenvalue weighted by atomic mass is 10.0. The first-order valence-corrected chi connectivity index (χ1v) is 9.13. The van der Waals surface area contributed by atoms with E-state index in [0.717, 1.165) is 16.7 Å². The van der Waals surface area contributed by atoms with Gasteiger partial charge in [0.15, 0.2) is 0 Å². The molecule has 0 aliphatic rings. The number of hydroxylamine groups is 1. The molecule has 0 heterocycles. The first kappa shape index (κ1) is 21.1. The summed E-state index contributed by atoms with van der Waals surface area (Å²) in [4.78, 5) is 14.3. The van der Waals surface area contributed by atoms with Crippen LogP contribution in [0.2, 0.25) is 0 Å². The van der Waals surface area contributed by atoms with Crippen LogP contribution in [0.25, 0.3) is 11.1 Å². The Bertz CT molecular complexity index is 712. The van der Waals surface area contributed by atoms with Gasteiger partial charge in [-0.2, -0.15) is 5.48 Å². The maximum Gasteiger partial charge on any atom is 0.253 e. The summed E-state index contributed by atoms with van der Waals surface area (Å²) in [5.41, 5.74) is 6.06. The molecule has 0 saturated carbocycles. The largest absolute Gasteiger partial charge is 0.377 e. The fraction of sp³-hybridized carbons (Fsp3) is 0.381. The van der Waals surface area contributed by atoms with Crippen LogP contribution in [-0.2, 0) is 11.3 Å². The van der Waals surface area contributed by atoms with Crippen LogP contribution in [-0.4, -0.2) is 48.9 Å². The number of nitrogens with one attached hydrogen (secondary N) is 2. The Morgan fingerprint density at radius 2 is 1.67 bits per heavy atom. The van der Waals surface area contributed by atoms with Gasteiger partial charge in [-0.3, -0.25) is 4.79 Å². The molecule has 2 aromatic carbocycles. The van der Waals surface area contributed by atoms with Crippen LogP contribution in [0.5, 0.6) is 0 Å². The highest BCUT2D eigenvalue weighted by atomic mass is 16.5. The summed E-state index contributed by atoms with van der Waals surface area (Å²) >= 11 is 0. The van der Waals surface area contributed by atoms with E-state index in [1.807, 2.05) is 38.1 Å². The Balaban J connectivity index is 2.08. The van der Waals surface area contributed by atoms with Gasteiger partial charge in [0.25, 0.3) is 5.91 Å². The van der Waals surface area contributed by atoms with E-state index in [0.29, 0.717) is 18.8 Å². The number of amides is 1. The van der Waals surface area contributed by atoms with E-state index < -0.39 is 6.17 Å². The minimum atomic E-state index is -0.409. The van der Waals surface area contributed by atoms with Gasteiger partial charge in [-0.1, -0.05) is 36.4 Å². The number of benzene rings is 2. The van der Waals surface area contributed by atoms with Crippen molar-refractivity contribution in [2.75, 3.05) is 20.7 Å². The van der Waals surface area contributed by atoms with Crippen LogP contribution in [0.1, 0.15) is 29.8 Å². The third kappa shape index (κ3) is 5.37. The standard InChI is InChI=1S/C21H29N3O3/c1-5-27-14-16-6-8-17(9-7-16)18-10-12-19(13-11-18)21(25)24(4)15(2)20(22-3)23-26/h6-13,15,20,22-23,26H,5,14H2,1-4H3. The molecule has 2 rings (SSSR count). The van der Waals surface area contributed by atoms with Crippen LogP contribution in [0, 0.1) is 0 Å². The van der Waals surface area contributed by atoms with Gasteiger partial charge in [-0.05, 0) is 49.7 Å². The lowest BCUT2D eigenvalue weighted by molar-refractivity contribution is 0.0493. The van der Waals surface area contributed by atoms with Crippen molar-refractivity contribution in [2.24, 2.45) is 0 Å². The van der Waals surface area contributed by atoms with Crippen LogP contribution >= 0.6 is 0 Å². The summed E-state index contributed by atoms with van der Waals surface area (Å²) in [5.74, 6) is -0.100. The number of ether oxygens (including phenoxy) is 1. The summed E-state index contributed by atoms with van der Waals surface area (Å²) in [7, 11) is 3.44. The Morgan fingerprint density at radius 1 is 1.11 bits per heavy atom. The third-order valence-electron chi connectivity index (χ3n) is 4.76. The molecule has 2 aromatic rings. The van der Waals surface area contributed by atoms with Gasteiger partial charge >= 0.3 is 0 Å². The molecule has 27 heavy (non-hydrogen) atoms. The molecule has 1 amide bonds. The third-order valence-corrected chi connectivity index (χ3v) is 4.76. The van der Waals surface area contributed by atoms with Crippen LogP contribution in [0.15, 0.2) is 48.5 Å². The van der Waals surface area contributed by atoms with Gasteiger partial charge in [0.1, 0.15) is 6.17 Å². The Hall–Kier alpha value is -2.25. The van der Waals surface area contributed by atoms with Crippen molar-refractivity contribution in [3.63, 3.8) is 0 Å². The molecule has 2 unspecified atom stereocenters. The van der Waals surface area contributed by atoms with Crippen molar-refractivity contribution in [3.05, 3.63) is 59.7 Å². The highest BCUT2D eigenvalue weighted by Crippen LogP contribution is 2.21. The van der Waals surface area contributed by atoms with Crippen LogP contribution in [0.4, 0.5) is 0 Å². The topological polar surface area (TPSA) is 73.8 Å². The van der Waals surface area contributed by atoms with Gasteiger partial charge in [-0.25, -0.2) is 0 Å². The first-order valence-electron chi connectivity index (χ1n) is 9.13. The Kier molecular flexibility index (Phi) is 7.94. The van der Waals surface area contributed by atoms with Gasteiger partial charge in [-0.15, -0.1) is 0 Å². The molecule has 0 bridgehead atoms. The predicted molar refractivity (Wildman–Crippen MR) is 107 cm³/mol. The summed E-state index contributed by atoms with van der Waals surface area (Å²) in [6, 6.07) is 15.6. The van der Waals surface area contributed by atoms with Crippen LogP contribution < -0.4 is 10.8 Å². The van der Waals surface area contributed by atoms with Gasteiger partial charge < -0.3 is 20.2 Å². The number of nitrogens with zero attached hydrogens (tertiary/aromatic N) is 1. The zero-order valence-electron chi connectivity index (χ0n) is 16.4. The second-order valence-electron chi connectivity index (χ2n) is 6.46. The number of carbonyl (C=O) groups is 1. The molecule has 6 heteroatoms. The SMILES string of the molecule is CCOCc1ccc(-c2ccc(C(=O)N(C)C(C)C(NC)NO)cc2)cc1. The molecule has 0 aliphatic carbocycles. The van der Waals surface area contributed by atoms with Crippen LogP contribution in [0.3, 0.4) is 0 Å². The summed E-state index contributed by atoms with van der Waals surface area (Å²) in [5, 5.41) is 12.1. The Morgan fingerprint density at radius 3 is 2.15 bits per heavy atom. The highest BCUT2D eigenvalue weighted by Gasteiger charge is 2.23. The normalized spacial score (nSPS) is 13.2. The maximum absolute atomic E-state index is 12.7. The Labute approximate surface area is 161 Å². The summed E-state index contributed by atoms with van der Waals surface area (Å²) < 4.78 is 5.42. The van der Waals surface area contributed by atoms with Crippen molar-refractivity contribution in [1.82, 2.24) is 15.7 Å². The van der Waals surface area contributed by atoms with Crippen molar-refractivity contribution in [2.45, 2.75) is 32.7 Å². The number of hydrogen-bond acceptors (Lipinski definition) is 5. The van der Waals surface area contributed by atoms with Crippen molar-refractivity contribution in [1.29, 1.82) is 0 Å². The van der Waals surface area contributed by atoms with E-state index in [2.05, 4.69) is 35.1 Å². The first-order chi connectivity index (χ1) is 13.0. The fourth-order valence-corrected chi connectivity index (χ4v) is 2.84. The van der Waals surface area contributed by atoms with Gasteiger partial charge in [0.2, 0.25) is 0 Å². The van der Waals surface area contributed by atoms with Gasteiger partial charge in [0, 0.05) is 19.2 Å². The fourth-order valence-electron chi connectivity index (χ4n) is 2.84. The second kappa shape index (κ2) is 10.2. The molecule has 0 aromatic heterocycles. The van der Waals surface area contributed by atoms with E-state index in [1.165, 1.54) is 0 Å². The molecule has 0 saturated heterocycles. The number of carbonyl (C=O) groups excluding carboxylic acids is 1. The van der Waals surface area contributed by atoms with E-state index in [9.17, 15) is 4.79 Å². The molecular formula is C21H29N3O3. The van der Waals surface area contributed by atoms with E-state index in [-0.39, 0.29) is 11.9 Å². The molecule has 0 aliphatic heterocycles. The van der Waals surface area contributed by atoms with Gasteiger partial charge in [0.05, 0.1) is 12.6 Å². The second-order valence-corrected chi connectivity index (χ2v) is 6.46. The molecule has 0 radical (unpaired) electrons. The minimum absolute atomic E-state index is 0.100. The van der Waals surface area contributed by atoms with Crippen molar-refractivity contribution >= 4 is 5.91 Å². The van der Waals surface area contributed by atoms with E-state index in [1.54, 1.807) is 19.0 Å². The molecule has 146 valence electrons. The number of hydrogen-bond donors (Lipinski definition) is 3. The van der Waals surface area contributed by atoms with Crippen molar-refractivity contribution in [3.8, 4) is 11.1 Å². The quantitative estimate of drug-likeness (QED) is 0.467. The molecule has 0 spiro atoms. The number of rotatable bonds is 9. The molecule has 6 nitrogen and oxygen atoms in total. The average Bonchev–Trinajstić information content (AvgIpc) is 2.72. The lowest BCUT2D eigenvalue weighted by Gasteiger charge is -2.31. The smallest absolute Gasteiger partial charge is 0.253 e. The number of likely N-dealkylation sites (N-methyl/N-ethyl adjacent to an activating group) is 2. The minimum Gasteiger partial charge on any atom is -0.377 e. The molecule has 3 N–H and O–H groups in total. The summed E-state index contributed by atoms with van der Waals surface area (Å²) in [6.45, 7) is 5.16. The highest BCUT2D eigenvalue weighted by molar-refractivity contribution is 5.94. The molecular weight excluding hydrogens is 342 g/mol. The van der Waals surface area contributed by atoms with Crippen molar-refractivity contribution < 1.29 is 14.7 Å². The summed E-state index contributed by atoms with van der Waals surface area (Å²) in [6.07, 6.45) is -0.409. The maximum atomic E-state index is 12.7. The van der Waals surface area contributed by atoms with E-state index in [4.69, 9.17) is 9.94 Å². The predicted octanol–water partition coefficient (Wildman–Crippen LogP) is 2.87. The molecule has 0 fully saturated rings. The monoisotopic (exact) mass is 371 g/mol. The van der Waals surface area contributed by atoms with E-state index >= 15 is 0 Å². The zero-order chi connectivity index (χ0) is 19.8. The zero-order valence-corrected chi connectivity index (χ0v) is 16.4. The average molecular weight is 371 g/mol. The lowest BCUT2D eigenvalue weighted by Crippen LogP contribution is -2.54. The molecule has 2 atom stereocenters.